The van der Waals surface area contributed by atoms with Gasteiger partial charge in [-0.15, -0.1) is 0 Å². The molecule has 5 nitrogen and oxygen atoms in total. The van der Waals surface area contributed by atoms with E-state index in [0.717, 1.165) is 12.1 Å². The van der Waals surface area contributed by atoms with Gasteiger partial charge < -0.3 is 9.47 Å². The fourth-order valence-electron chi connectivity index (χ4n) is 2.50. The number of halogens is 3. The molecular weight excluding hydrogens is 419 g/mol. The lowest BCUT2D eigenvalue weighted by molar-refractivity contribution is -0.137. The van der Waals surface area contributed by atoms with Gasteiger partial charge in [0.25, 0.3) is 0 Å². The Labute approximate surface area is 172 Å². The van der Waals surface area contributed by atoms with Crippen LogP contribution in [0.4, 0.5) is 13.2 Å². The minimum Gasteiger partial charge on any atom is -0.492 e. The molecule has 0 fully saturated rings. The third kappa shape index (κ3) is 5.98. The molecule has 0 bridgehead atoms. The first-order valence-corrected chi connectivity index (χ1v) is 10.3. The quantitative estimate of drug-likeness (QED) is 0.512. The van der Waals surface area contributed by atoms with Gasteiger partial charge in [-0.05, 0) is 54.6 Å². The maximum absolute atomic E-state index is 12.7. The summed E-state index contributed by atoms with van der Waals surface area (Å²) in [6.07, 6.45) is -4.47. The van der Waals surface area contributed by atoms with E-state index >= 15 is 0 Å². The zero-order valence-corrected chi connectivity index (χ0v) is 16.4. The van der Waals surface area contributed by atoms with Crippen LogP contribution in [0.1, 0.15) is 5.56 Å². The number of hydrogen-bond acceptors (Lipinski definition) is 4. The van der Waals surface area contributed by atoms with E-state index in [4.69, 9.17) is 9.47 Å². The highest BCUT2D eigenvalue weighted by Crippen LogP contribution is 2.31. The third-order valence-electron chi connectivity index (χ3n) is 3.94. The SMILES string of the molecule is O=S(=O)(NCCOc1cccc(C(F)(F)F)c1)c1ccc(Oc2ccccc2)cc1. The van der Waals surface area contributed by atoms with Crippen molar-refractivity contribution in [2.45, 2.75) is 11.1 Å². The second-order valence-electron chi connectivity index (χ2n) is 6.16. The van der Waals surface area contributed by atoms with Gasteiger partial charge in [0, 0.05) is 6.54 Å². The first-order valence-electron chi connectivity index (χ1n) is 8.87. The van der Waals surface area contributed by atoms with Gasteiger partial charge in [-0.1, -0.05) is 24.3 Å². The number of hydrogen-bond donors (Lipinski definition) is 1. The van der Waals surface area contributed by atoms with Gasteiger partial charge in [0.1, 0.15) is 23.9 Å². The zero-order chi connectivity index (χ0) is 21.6. The van der Waals surface area contributed by atoms with Crippen molar-refractivity contribution in [3.05, 3.63) is 84.4 Å². The van der Waals surface area contributed by atoms with Crippen molar-refractivity contribution >= 4 is 10.0 Å². The molecule has 0 aliphatic heterocycles. The molecule has 0 aromatic heterocycles. The van der Waals surface area contributed by atoms with Crippen LogP contribution in [0.5, 0.6) is 17.2 Å². The van der Waals surface area contributed by atoms with E-state index in [2.05, 4.69) is 4.72 Å². The number of para-hydroxylation sites is 1. The normalized spacial score (nSPS) is 11.8. The molecule has 3 aromatic rings. The first-order chi connectivity index (χ1) is 14.2. The number of benzene rings is 3. The minimum absolute atomic E-state index is 0.00596. The summed E-state index contributed by atoms with van der Waals surface area (Å²) in [4.78, 5) is 0.0296. The molecule has 0 heterocycles. The summed E-state index contributed by atoms with van der Waals surface area (Å²) in [7, 11) is -3.80. The molecule has 0 radical (unpaired) electrons. The van der Waals surface area contributed by atoms with Gasteiger partial charge in [-0.3, -0.25) is 0 Å². The summed E-state index contributed by atoms with van der Waals surface area (Å²) < 4.78 is 75.9. The van der Waals surface area contributed by atoms with Gasteiger partial charge in [0.2, 0.25) is 10.0 Å². The van der Waals surface area contributed by atoms with E-state index in [0.29, 0.717) is 11.5 Å². The van der Waals surface area contributed by atoms with Crippen LogP contribution in [-0.4, -0.2) is 21.6 Å². The summed E-state index contributed by atoms with van der Waals surface area (Å²) in [5, 5.41) is 0. The second kappa shape index (κ2) is 9.19. The number of sulfonamides is 1. The second-order valence-corrected chi connectivity index (χ2v) is 7.93. The average Bonchev–Trinajstić information content (AvgIpc) is 2.72. The molecule has 0 atom stereocenters. The molecule has 1 N–H and O–H groups in total. The molecule has 0 spiro atoms. The Morgan fingerprint density at radius 1 is 0.800 bits per heavy atom. The molecule has 0 aliphatic carbocycles. The van der Waals surface area contributed by atoms with Crippen molar-refractivity contribution in [2.75, 3.05) is 13.2 Å². The Morgan fingerprint density at radius 3 is 2.10 bits per heavy atom. The zero-order valence-electron chi connectivity index (χ0n) is 15.6. The van der Waals surface area contributed by atoms with Crippen LogP contribution in [0.2, 0.25) is 0 Å². The summed E-state index contributed by atoms with van der Waals surface area (Å²) in [5.74, 6) is 1.11. The third-order valence-corrected chi connectivity index (χ3v) is 5.41. The Balaban J connectivity index is 1.53. The maximum atomic E-state index is 12.7. The molecule has 3 rings (SSSR count). The molecule has 158 valence electrons. The molecular formula is C21H18F3NO4S. The maximum Gasteiger partial charge on any atom is 0.416 e. The van der Waals surface area contributed by atoms with Crippen molar-refractivity contribution in [2.24, 2.45) is 0 Å². The average molecular weight is 437 g/mol. The van der Waals surface area contributed by atoms with E-state index in [1.54, 1.807) is 12.1 Å². The standard InChI is InChI=1S/C21H18F3NO4S/c22-21(23,24)16-5-4-8-19(15-16)28-14-13-25-30(26,27)20-11-9-18(10-12-20)29-17-6-2-1-3-7-17/h1-12,15,25H,13-14H2. The first kappa shape index (κ1) is 21.7. The fraction of sp³-hybridized carbons (Fsp3) is 0.143. The van der Waals surface area contributed by atoms with E-state index in [9.17, 15) is 21.6 Å². The smallest absolute Gasteiger partial charge is 0.416 e. The molecule has 0 aliphatic rings. The lowest BCUT2D eigenvalue weighted by Gasteiger charge is -2.11. The van der Waals surface area contributed by atoms with E-state index in [1.165, 1.54) is 36.4 Å². The topological polar surface area (TPSA) is 64.6 Å². The Hall–Kier alpha value is -3.04. The van der Waals surface area contributed by atoms with Crippen LogP contribution in [0, 0.1) is 0 Å². The molecule has 9 heteroatoms. The molecule has 0 saturated carbocycles. The highest BCUT2D eigenvalue weighted by molar-refractivity contribution is 7.89. The molecule has 3 aromatic carbocycles. The van der Waals surface area contributed by atoms with Crippen LogP contribution in [-0.2, 0) is 16.2 Å². The summed E-state index contributed by atoms with van der Waals surface area (Å²) >= 11 is 0. The van der Waals surface area contributed by atoms with Gasteiger partial charge >= 0.3 is 6.18 Å². The molecule has 0 unspecified atom stereocenters. The van der Waals surface area contributed by atoms with Crippen molar-refractivity contribution in [1.29, 1.82) is 0 Å². The highest BCUT2D eigenvalue weighted by atomic mass is 32.2. The van der Waals surface area contributed by atoms with Crippen LogP contribution in [0.25, 0.3) is 0 Å². The number of alkyl halides is 3. The number of nitrogens with one attached hydrogen (secondary N) is 1. The van der Waals surface area contributed by atoms with E-state index in [-0.39, 0.29) is 23.8 Å². The lowest BCUT2D eigenvalue weighted by Crippen LogP contribution is -2.28. The van der Waals surface area contributed by atoms with Crippen molar-refractivity contribution in [1.82, 2.24) is 4.72 Å². The summed E-state index contributed by atoms with van der Waals surface area (Å²) in [6, 6.07) is 19.3. The lowest BCUT2D eigenvalue weighted by atomic mass is 10.2. The Morgan fingerprint density at radius 2 is 1.43 bits per heavy atom. The summed E-state index contributed by atoms with van der Waals surface area (Å²) in [6.45, 7) is -0.239. The van der Waals surface area contributed by atoms with Crippen molar-refractivity contribution in [3.63, 3.8) is 0 Å². The highest BCUT2D eigenvalue weighted by Gasteiger charge is 2.30. The fourth-order valence-corrected chi connectivity index (χ4v) is 3.52. The van der Waals surface area contributed by atoms with Crippen LogP contribution >= 0.6 is 0 Å². The van der Waals surface area contributed by atoms with Crippen LogP contribution in [0.15, 0.2) is 83.8 Å². The van der Waals surface area contributed by atoms with Crippen LogP contribution in [0.3, 0.4) is 0 Å². The van der Waals surface area contributed by atoms with E-state index < -0.39 is 21.8 Å². The summed E-state index contributed by atoms with van der Waals surface area (Å²) in [5.41, 5.74) is -0.835. The largest absolute Gasteiger partial charge is 0.492 e. The van der Waals surface area contributed by atoms with E-state index in [1.807, 2.05) is 18.2 Å². The predicted molar refractivity (Wildman–Crippen MR) is 105 cm³/mol. The predicted octanol–water partition coefficient (Wildman–Crippen LogP) is 4.86. The van der Waals surface area contributed by atoms with Gasteiger partial charge in [0.05, 0.1) is 10.5 Å². The Kier molecular flexibility index (Phi) is 6.63. The minimum atomic E-state index is -4.47. The number of ether oxygens (including phenoxy) is 2. The molecule has 30 heavy (non-hydrogen) atoms. The van der Waals surface area contributed by atoms with Crippen molar-refractivity contribution in [3.8, 4) is 17.2 Å². The van der Waals surface area contributed by atoms with Crippen molar-refractivity contribution < 1.29 is 31.1 Å². The number of rotatable bonds is 8. The Bertz CT molecular complexity index is 1070. The van der Waals surface area contributed by atoms with Crippen LogP contribution < -0.4 is 14.2 Å². The van der Waals surface area contributed by atoms with Gasteiger partial charge in [0.15, 0.2) is 0 Å². The molecule has 0 saturated heterocycles. The van der Waals surface area contributed by atoms with Gasteiger partial charge in [-0.2, -0.15) is 13.2 Å². The van der Waals surface area contributed by atoms with Gasteiger partial charge in [-0.25, -0.2) is 13.1 Å². The molecule has 0 amide bonds. The monoisotopic (exact) mass is 437 g/mol.